The summed E-state index contributed by atoms with van der Waals surface area (Å²) < 4.78 is 0. The summed E-state index contributed by atoms with van der Waals surface area (Å²) in [7, 11) is 0. The summed E-state index contributed by atoms with van der Waals surface area (Å²) in [6.45, 7) is 8.91. The fourth-order valence-electron chi connectivity index (χ4n) is 6.15. The van der Waals surface area contributed by atoms with Gasteiger partial charge in [-0.05, 0) is 76.9 Å². The van der Waals surface area contributed by atoms with E-state index in [1.807, 2.05) is 4.90 Å². The van der Waals surface area contributed by atoms with Gasteiger partial charge in [-0.2, -0.15) is 0 Å². The molecule has 0 aromatic heterocycles. The minimum absolute atomic E-state index is 0.184. The van der Waals surface area contributed by atoms with Gasteiger partial charge in [0.05, 0.1) is 6.04 Å². The quantitative estimate of drug-likeness (QED) is 0.774. The van der Waals surface area contributed by atoms with Crippen LogP contribution in [0.15, 0.2) is 0 Å². The zero-order valence-electron chi connectivity index (χ0n) is 16.6. The third-order valence-electron chi connectivity index (χ3n) is 7.72. The van der Waals surface area contributed by atoms with E-state index in [-0.39, 0.29) is 11.9 Å². The van der Waals surface area contributed by atoms with Gasteiger partial charge in [0.2, 0.25) is 5.91 Å². The Morgan fingerprint density at radius 2 is 1.62 bits per heavy atom. The Kier molecular flexibility index (Phi) is 5.13. The van der Waals surface area contributed by atoms with Crippen molar-refractivity contribution >= 4 is 11.7 Å². The van der Waals surface area contributed by atoms with Gasteiger partial charge in [-0.1, -0.05) is 6.42 Å². The van der Waals surface area contributed by atoms with E-state index in [0.29, 0.717) is 17.2 Å². The lowest BCUT2D eigenvalue weighted by atomic mass is 9.64. The molecular formula is C21H35N3O2. The second kappa shape index (κ2) is 7.23. The molecule has 0 aromatic carbocycles. The number of rotatable bonds is 3. The van der Waals surface area contributed by atoms with Crippen LogP contribution in [0, 0.1) is 5.41 Å². The highest BCUT2D eigenvalue weighted by Gasteiger charge is 2.51. The molecule has 1 atom stereocenters. The van der Waals surface area contributed by atoms with Crippen LogP contribution in [0.1, 0.15) is 65.2 Å². The van der Waals surface area contributed by atoms with Crippen molar-refractivity contribution in [1.29, 1.82) is 0 Å². The predicted molar refractivity (Wildman–Crippen MR) is 102 cm³/mol. The monoisotopic (exact) mass is 361 g/mol. The van der Waals surface area contributed by atoms with Crippen LogP contribution in [0.5, 0.6) is 0 Å². The molecule has 0 radical (unpaired) electrons. The number of amides is 1. The van der Waals surface area contributed by atoms with E-state index < -0.39 is 0 Å². The number of ketones is 1. The molecule has 1 spiro atoms. The van der Waals surface area contributed by atoms with E-state index in [1.54, 1.807) is 13.8 Å². The SMILES string of the molecule is CC(=O)[C@H]1CCCCN1C1CCN(C2CC3(CCN(C(C)=O)C3)C2)CC1. The molecule has 1 saturated carbocycles. The van der Waals surface area contributed by atoms with Gasteiger partial charge in [0.1, 0.15) is 5.78 Å². The Bertz CT molecular complexity index is 549. The Balaban J connectivity index is 1.26. The maximum absolute atomic E-state index is 12.0. The zero-order valence-corrected chi connectivity index (χ0v) is 16.6. The number of likely N-dealkylation sites (tertiary alicyclic amines) is 3. The Hall–Kier alpha value is -0.940. The van der Waals surface area contributed by atoms with Gasteiger partial charge in [0.25, 0.3) is 0 Å². The van der Waals surface area contributed by atoms with Gasteiger partial charge < -0.3 is 9.80 Å². The molecule has 0 unspecified atom stereocenters. The zero-order chi connectivity index (χ0) is 18.3. The van der Waals surface area contributed by atoms with Crippen LogP contribution in [-0.4, -0.2) is 77.2 Å². The number of Topliss-reactive ketones (excluding diaryl/α,β-unsaturated/α-hetero) is 1. The highest BCUT2D eigenvalue weighted by atomic mass is 16.2. The fraction of sp³-hybridized carbons (Fsp3) is 0.905. The van der Waals surface area contributed by atoms with E-state index in [2.05, 4.69) is 9.80 Å². The second-order valence-corrected chi connectivity index (χ2v) is 9.38. The van der Waals surface area contributed by atoms with Crippen LogP contribution in [0.25, 0.3) is 0 Å². The average Bonchev–Trinajstić information content (AvgIpc) is 3.07. The minimum atomic E-state index is 0.184. The second-order valence-electron chi connectivity index (χ2n) is 9.38. The van der Waals surface area contributed by atoms with Crippen molar-refractivity contribution in [3.63, 3.8) is 0 Å². The van der Waals surface area contributed by atoms with Crippen molar-refractivity contribution in [3.05, 3.63) is 0 Å². The molecule has 3 aliphatic heterocycles. The van der Waals surface area contributed by atoms with Crippen molar-refractivity contribution in [2.45, 2.75) is 83.3 Å². The molecule has 0 aromatic rings. The van der Waals surface area contributed by atoms with Crippen LogP contribution in [0.3, 0.4) is 0 Å². The standard InChI is InChI=1S/C21H35N3O2/c1-16(25)20-5-3-4-9-24(20)18-6-10-22(11-7-18)19-13-21(14-19)8-12-23(15-21)17(2)26/h18-20H,3-15H2,1-2H3/t19?,20-,21?/m1/s1. The first-order valence-electron chi connectivity index (χ1n) is 10.7. The first-order valence-corrected chi connectivity index (χ1v) is 10.7. The lowest BCUT2D eigenvalue weighted by Crippen LogP contribution is -2.57. The minimum Gasteiger partial charge on any atom is -0.342 e. The van der Waals surface area contributed by atoms with Crippen molar-refractivity contribution < 1.29 is 9.59 Å². The van der Waals surface area contributed by atoms with Crippen molar-refractivity contribution in [1.82, 2.24) is 14.7 Å². The summed E-state index contributed by atoms with van der Waals surface area (Å²) in [5, 5.41) is 0. The van der Waals surface area contributed by atoms with E-state index in [4.69, 9.17) is 0 Å². The molecule has 0 N–H and O–H groups in total. The molecule has 4 aliphatic rings. The van der Waals surface area contributed by atoms with Crippen molar-refractivity contribution in [3.8, 4) is 0 Å². The summed E-state index contributed by atoms with van der Waals surface area (Å²) in [5.41, 5.74) is 0.430. The summed E-state index contributed by atoms with van der Waals surface area (Å²) in [5.74, 6) is 0.608. The van der Waals surface area contributed by atoms with Gasteiger partial charge >= 0.3 is 0 Å². The molecule has 1 amide bonds. The smallest absolute Gasteiger partial charge is 0.219 e. The number of carbonyl (C=O) groups is 2. The highest BCUT2D eigenvalue weighted by molar-refractivity contribution is 5.81. The van der Waals surface area contributed by atoms with Gasteiger partial charge in [0.15, 0.2) is 0 Å². The lowest BCUT2D eigenvalue weighted by Gasteiger charge is -2.53. The third-order valence-corrected chi connectivity index (χ3v) is 7.72. The lowest BCUT2D eigenvalue weighted by molar-refractivity contribution is -0.128. The normalized spacial score (nSPS) is 37.1. The van der Waals surface area contributed by atoms with Gasteiger partial charge in [-0.3, -0.25) is 14.5 Å². The molecule has 4 rings (SSSR count). The van der Waals surface area contributed by atoms with Gasteiger partial charge in [-0.25, -0.2) is 0 Å². The topological polar surface area (TPSA) is 43.9 Å². The fourth-order valence-corrected chi connectivity index (χ4v) is 6.15. The van der Waals surface area contributed by atoms with Crippen LogP contribution < -0.4 is 0 Å². The van der Waals surface area contributed by atoms with E-state index in [9.17, 15) is 9.59 Å². The molecule has 1 aliphatic carbocycles. The molecule has 4 fully saturated rings. The Labute approximate surface area is 158 Å². The Morgan fingerprint density at radius 1 is 0.885 bits per heavy atom. The summed E-state index contributed by atoms with van der Waals surface area (Å²) >= 11 is 0. The van der Waals surface area contributed by atoms with E-state index >= 15 is 0 Å². The molecule has 146 valence electrons. The molecule has 3 saturated heterocycles. The van der Waals surface area contributed by atoms with Crippen LogP contribution in [-0.2, 0) is 9.59 Å². The van der Waals surface area contributed by atoms with Gasteiger partial charge in [-0.15, -0.1) is 0 Å². The van der Waals surface area contributed by atoms with Crippen LogP contribution >= 0.6 is 0 Å². The largest absolute Gasteiger partial charge is 0.342 e. The predicted octanol–water partition coefficient (Wildman–Crippen LogP) is 2.30. The maximum atomic E-state index is 12.0. The summed E-state index contributed by atoms with van der Waals surface area (Å²) in [6.07, 6.45) is 9.71. The molecule has 5 heteroatoms. The van der Waals surface area contributed by atoms with E-state index in [0.717, 1.165) is 32.1 Å². The Morgan fingerprint density at radius 3 is 2.23 bits per heavy atom. The number of nitrogens with zero attached hydrogens (tertiary/aromatic N) is 3. The molecule has 0 bridgehead atoms. The number of hydrogen-bond acceptors (Lipinski definition) is 4. The number of piperidine rings is 2. The molecule has 26 heavy (non-hydrogen) atoms. The average molecular weight is 362 g/mol. The van der Waals surface area contributed by atoms with Crippen molar-refractivity contribution in [2.24, 2.45) is 5.41 Å². The third kappa shape index (κ3) is 3.45. The number of hydrogen-bond donors (Lipinski definition) is 0. The first kappa shape index (κ1) is 18.4. The van der Waals surface area contributed by atoms with Crippen LogP contribution in [0.4, 0.5) is 0 Å². The molecule has 5 nitrogen and oxygen atoms in total. The van der Waals surface area contributed by atoms with E-state index in [1.165, 1.54) is 58.0 Å². The molecule has 3 heterocycles. The highest BCUT2D eigenvalue weighted by Crippen LogP contribution is 2.50. The molecular weight excluding hydrogens is 326 g/mol. The summed E-state index contributed by atoms with van der Waals surface area (Å²) in [4.78, 5) is 30.9. The van der Waals surface area contributed by atoms with Crippen molar-refractivity contribution in [2.75, 3.05) is 32.7 Å². The first-order chi connectivity index (χ1) is 12.5. The maximum Gasteiger partial charge on any atom is 0.219 e. The number of carbonyl (C=O) groups excluding carboxylic acids is 2. The van der Waals surface area contributed by atoms with Crippen LogP contribution in [0.2, 0.25) is 0 Å². The summed E-state index contributed by atoms with van der Waals surface area (Å²) in [6, 6.07) is 1.52. The van der Waals surface area contributed by atoms with Gasteiger partial charge in [0, 0.05) is 32.1 Å².